The molecule has 37 heavy (non-hydrogen) atoms. The molecule has 1 atom stereocenters. The van der Waals surface area contributed by atoms with Crippen molar-refractivity contribution in [2.45, 2.75) is 25.3 Å². The number of fused-ring (bicyclic) bond motifs is 1. The molecule has 0 spiro atoms. The molecule has 1 aliphatic rings. The van der Waals surface area contributed by atoms with E-state index in [0.29, 0.717) is 47.1 Å². The van der Waals surface area contributed by atoms with Gasteiger partial charge in [-0.2, -0.15) is 0 Å². The first-order chi connectivity index (χ1) is 17.8. The summed E-state index contributed by atoms with van der Waals surface area (Å²) in [6, 6.07) is 9.63. The van der Waals surface area contributed by atoms with Crippen LogP contribution in [0.15, 0.2) is 47.9 Å². The van der Waals surface area contributed by atoms with Gasteiger partial charge in [-0.3, -0.25) is 14.4 Å². The third-order valence-corrected chi connectivity index (χ3v) is 8.36. The molecule has 0 saturated carbocycles. The molecule has 0 radical (unpaired) electrons. The molecule has 2 heterocycles. The smallest absolute Gasteiger partial charge is 0.307 e. The highest BCUT2D eigenvalue weighted by molar-refractivity contribution is 7.18. The Morgan fingerprint density at radius 1 is 1.19 bits per heavy atom. The van der Waals surface area contributed by atoms with Gasteiger partial charge in [0.1, 0.15) is 5.75 Å². The normalized spacial score (nSPS) is 15.2. The number of hydrogen-bond donors (Lipinski definition) is 2. The number of carbonyl (C=O) groups is 3. The summed E-state index contributed by atoms with van der Waals surface area (Å²) in [5.41, 5.74) is 1.28. The summed E-state index contributed by atoms with van der Waals surface area (Å²) in [5.74, 6) is -1.11. The van der Waals surface area contributed by atoms with Crippen LogP contribution in [0.5, 0.6) is 5.75 Å². The maximum absolute atomic E-state index is 13.0. The zero-order chi connectivity index (χ0) is 26.5. The first-order valence-electron chi connectivity index (χ1n) is 11.7. The molecule has 1 fully saturated rings. The van der Waals surface area contributed by atoms with Gasteiger partial charge in [0.15, 0.2) is 0 Å². The number of nitrogens with one attached hydrogen (secondary N) is 1. The fraction of sp³-hybridized carbons (Fsp3) is 0.296. The number of halogens is 2. The highest BCUT2D eigenvalue weighted by Gasteiger charge is 2.29. The lowest BCUT2D eigenvalue weighted by molar-refractivity contribution is -0.141. The van der Waals surface area contributed by atoms with Gasteiger partial charge in [-0.05, 0) is 65.1 Å². The molecule has 4 rings (SSSR count). The molecule has 2 N–H and O–H groups in total. The Balaban J connectivity index is 1.36. The van der Waals surface area contributed by atoms with Crippen molar-refractivity contribution < 1.29 is 24.2 Å². The fourth-order valence-corrected chi connectivity index (χ4v) is 5.79. The van der Waals surface area contributed by atoms with Gasteiger partial charge in [0.2, 0.25) is 11.8 Å². The van der Waals surface area contributed by atoms with Gasteiger partial charge in [-0.15, -0.1) is 11.3 Å². The number of esters is 1. The quantitative estimate of drug-likeness (QED) is 0.290. The molecular formula is C27H26Cl2N2O5S. The van der Waals surface area contributed by atoms with E-state index in [1.165, 1.54) is 36.7 Å². The molecule has 194 valence electrons. The first-order valence-corrected chi connectivity index (χ1v) is 13.4. The van der Waals surface area contributed by atoms with Gasteiger partial charge in [0.25, 0.3) is 0 Å². The van der Waals surface area contributed by atoms with E-state index in [0.717, 1.165) is 10.1 Å². The average molecular weight is 561 g/mol. The maximum Gasteiger partial charge on any atom is 0.307 e. The number of hydrogen-bond acceptors (Lipinski definition) is 6. The molecule has 0 bridgehead atoms. The summed E-state index contributed by atoms with van der Waals surface area (Å²) >= 11 is 14.3. The van der Waals surface area contributed by atoms with Crippen molar-refractivity contribution in [1.29, 1.82) is 0 Å². The van der Waals surface area contributed by atoms with E-state index in [9.17, 15) is 19.5 Å². The number of rotatable bonds is 7. The minimum absolute atomic E-state index is 0.0419. The molecule has 1 aromatic heterocycles. The number of likely N-dealkylation sites (tertiary alicyclic amines) is 1. The minimum Gasteiger partial charge on any atom is -0.508 e. The van der Waals surface area contributed by atoms with E-state index in [1.54, 1.807) is 23.1 Å². The van der Waals surface area contributed by atoms with E-state index in [1.807, 2.05) is 17.5 Å². The van der Waals surface area contributed by atoms with Crippen molar-refractivity contribution in [3.05, 3.63) is 69.0 Å². The van der Waals surface area contributed by atoms with Crippen LogP contribution in [-0.2, 0) is 19.1 Å². The number of phenols is 1. The zero-order valence-corrected chi connectivity index (χ0v) is 22.4. The summed E-state index contributed by atoms with van der Waals surface area (Å²) in [5, 5.41) is 16.5. The lowest BCUT2D eigenvalue weighted by Crippen LogP contribution is -2.43. The molecule has 2 amide bonds. The van der Waals surface area contributed by atoms with Crippen LogP contribution in [0, 0.1) is 5.92 Å². The Kier molecular flexibility index (Phi) is 8.74. The topological polar surface area (TPSA) is 95.9 Å². The Bertz CT molecular complexity index is 1350. The summed E-state index contributed by atoms with van der Waals surface area (Å²) in [6.07, 6.45) is 4.06. The Labute approximate surface area is 228 Å². The minimum atomic E-state index is -0.633. The lowest BCUT2D eigenvalue weighted by Gasteiger charge is -2.31. The number of benzene rings is 2. The van der Waals surface area contributed by atoms with E-state index in [-0.39, 0.29) is 29.9 Å². The van der Waals surface area contributed by atoms with Gasteiger partial charge in [0, 0.05) is 25.1 Å². The number of phenolic OH excluding ortho intramolecular Hbond substituents is 1. The van der Waals surface area contributed by atoms with Crippen molar-refractivity contribution in [3.63, 3.8) is 0 Å². The highest BCUT2D eigenvalue weighted by atomic mass is 35.5. The summed E-state index contributed by atoms with van der Waals surface area (Å²) in [4.78, 5) is 39.4. The van der Waals surface area contributed by atoms with Crippen LogP contribution >= 0.6 is 34.5 Å². The predicted molar refractivity (Wildman–Crippen MR) is 146 cm³/mol. The number of nitrogens with zero attached hydrogens (tertiary/aromatic N) is 1. The van der Waals surface area contributed by atoms with E-state index in [2.05, 4.69) is 5.32 Å². The summed E-state index contributed by atoms with van der Waals surface area (Å²) in [7, 11) is 1.29. The molecule has 10 heteroatoms. The zero-order valence-electron chi connectivity index (χ0n) is 20.1. The predicted octanol–water partition coefficient (Wildman–Crippen LogP) is 5.59. The molecule has 2 aromatic carbocycles. The van der Waals surface area contributed by atoms with Crippen molar-refractivity contribution in [2.24, 2.45) is 5.92 Å². The molecule has 1 unspecified atom stereocenters. The van der Waals surface area contributed by atoms with Gasteiger partial charge >= 0.3 is 5.97 Å². The van der Waals surface area contributed by atoms with Gasteiger partial charge in [-0.25, -0.2) is 0 Å². The number of aromatic hydroxyl groups is 1. The molecule has 1 aliphatic heterocycles. The molecule has 7 nitrogen and oxygen atoms in total. The van der Waals surface area contributed by atoms with Crippen LogP contribution < -0.4 is 5.32 Å². The maximum atomic E-state index is 13.0. The van der Waals surface area contributed by atoms with E-state index < -0.39 is 12.0 Å². The molecular weight excluding hydrogens is 535 g/mol. The third-order valence-electron chi connectivity index (χ3n) is 6.42. The van der Waals surface area contributed by atoms with Crippen LogP contribution in [0.2, 0.25) is 10.0 Å². The van der Waals surface area contributed by atoms with Crippen LogP contribution in [0.25, 0.3) is 16.2 Å². The number of piperidine rings is 1. The largest absolute Gasteiger partial charge is 0.508 e. The first kappa shape index (κ1) is 27.0. The Hall–Kier alpha value is -3.07. The van der Waals surface area contributed by atoms with Crippen molar-refractivity contribution in [1.82, 2.24) is 10.2 Å². The average Bonchev–Trinajstić information content (AvgIpc) is 3.38. The Morgan fingerprint density at radius 3 is 2.65 bits per heavy atom. The molecule has 0 aliphatic carbocycles. The second-order valence-corrected chi connectivity index (χ2v) is 10.5. The number of thiophene rings is 1. The second kappa shape index (κ2) is 12.0. The summed E-state index contributed by atoms with van der Waals surface area (Å²) in [6.45, 7) is 0.847. The van der Waals surface area contributed by atoms with Gasteiger partial charge in [-0.1, -0.05) is 35.3 Å². The van der Waals surface area contributed by atoms with E-state index >= 15 is 0 Å². The molecule has 3 aromatic rings. The monoisotopic (exact) mass is 560 g/mol. The number of carbonyl (C=O) groups excluding carboxylic acids is 3. The standard InChI is InChI=1S/C27H26Cl2N2O5S/c1-36-23(34)15-21(17-3-2-4-20(32)14-17)30-27(35)16-7-10-31(11-8-16)22(33)6-5-18-13-19-9-12-37-26(19)25(29)24(18)28/h2-6,9,12-14,16,21,32H,7-8,10-11,15H2,1H3,(H,30,35). The SMILES string of the molecule is COC(=O)CC(NC(=O)C1CCN(C(=O)C=Cc2cc3ccsc3c(Cl)c2Cl)CC1)c1cccc(O)c1. The Morgan fingerprint density at radius 2 is 1.95 bits per heavy atom. The van der Waals surface area contributed by atoms with Gasteiger partial charge in [0.05, 0.1) is 34.3 Å². The van der Waals surface area contributed by atoms with Crippen LogP contribution in [0.3, 0.4) is 0 Å². The second-order valence-electron chi connectivity index (χ2n) is 8.80. The van der Waals surface area contributed by atoms with E-state index in [4.69, 9.17) is 27.9 Å². The van der Waals surface area contributed by atoms with Crippen LogP contribution in [0.4, 0.5) is 0 Å². The van der Waals surface area contributed by atoms with Gasteiger partial charge < -0.3 is 20.1 Å². The van der Waals surface area contributed by atoms with Crippen molar-refractivity contribution >= 4 is 68.5 Å². The van der Waals surface area contributed by atoms with Crippen molar-refractivity contribution in [2.75, 3.05) is 20.2 Å². The molecule has 1 saturated heterocycles. The van der Waals surface area contributed by atoms with Crippen LogP contribution in [-0.4, -0.2) is 48.0 Å². The number of methoxy groups -OCH3 is 1. The van der Waals surface area contributed by atoms with Crippen molar-refractivity contribution in [3.8, 4) is 5.75 Å². The summed E-state index contributed by atoms with van der Waals surface area (Å²) < 4.78 is 5.68. The highest BCUT2D eigenvalue weighted by Crippen LogP contribution is 2.37. The third kappa shape index (κ3) is 6.44. The number of amides is 2. The number of ether oxygens (including phenoxy) is 1. The fourth-order valence-electron chi connectivity index (χ4n) is 4.35. The van der Waals surface area contributed by atoms with Crippen LogP contribution in [0.1, 0.15) is 36.4 Å². The lowest BCUT2D eigenvalue weighted by atomic mass is 9.94.